The van der Waals surface area contributed by atoms with Crippen LogP contribution in [0, 0.1) is 0 Å². The van der Waals surface area contributed by atoms with E-state index in [2.05, 4.69) is 31.3 Å². The van der Waals surface area contributed by atoms with E-state index in [1.54, 1.807) is 0 Å². The van der Waals surface area contributed by atoms with Crippen LogP contribution in [0.5, 0.6) is 5.75 Å². The number of hydrogen-bond acceptors (Lipinski definition) is 3. The van der Waals surface area contributed by atoms with Gasteiger partial charge in [0.05, 0.1) is 6.61 Å². The summed E-state index contributed by atoms with van der Waals surface area (Å²) in [6, 6.07) is 8.54. The zero-order chi connectivity index (χ0) is 13.9. The van der Waals surface area contributed by atoms with Gasteiger partial charge in [-0.25, -0.2) is 0 Å². The molecule has 1 aromatic rings. The topological polar surface area (TPSA) is 30.5 Å². The van der Waals surface area contributed by atoms with Crippen molar-refractivity contribution in [3.63, 3.8) is 0 Å². The molecule has 0 aromatic heterocycles. The summed E-state index contributed by atoms with van der Waals surface area (Å²) in [5.74, 6) is 0.957. The normalized spacial score (nSPS) is 12.4. The van der Waals surface area contributed by atoms with Gasteiger partial charge < -0.3 is 14.8 Å². The standard InChI is InChI=1S/C16H27NO2/c1-4-6-11-17-14(3)15-9-7-8-10-16(15)19-13-12-18-5-2/h7-10,14,17H,4-6,11-13H2,1-3H3. The molecule has 0 aliphatic carbocycles. The van der Waals surface area contributed by atoms with Crippen molar-refractivity contribution in [3.8, 4) is 5.75 Å². The highest BCUT2D eigenvalue weighted by Gasteiger charge is 2.10. The highest BCUT2D eigenvalue weighted by molar-refractivity contribution is 5.35. The van der Waals surface area contributed by atoms with Gasteiger partial charge in [0.2, 0.25) is 0 Å². The Balaban J connectivity index is 2.51. The van der Waals surface area contributed by atoms with Gasteiger partial charge in [-0.1, -0.05) is 31.5 Å². The van der Waals surface area contributed by atoms with E-state index in [1.165, 1.54) is 18.4 Å². The van der Waals surface area contributed by atoms with Crippen molar-refractivity contribution in [1.29, 1.82) is 0 Å². The minimum absolute atomic E-state index is 0.315. The van der Waals surface area contributed by atoms with Crippen molar-refractivity contribution < 1.29 is 9.47 Å². The first-order chi connectivity index (χ1) is 9.29. The largest absolute Gasteiger partial charge is 0.491 e. The minimum Gasteiger partial charge on any atom is -0.491 e. The van der Waals surface area contributed by atoms with E-state index < -0.39 is 0 Å². The first kappa shape index (κ1) is 16.0. The van der Waals surface area contributed by atoms with Crippen LogP contribution in [0.2, 0.25) is 0 Å². The van der Waals surface area contributed by atoms with Crippen LogP contribution in [0.4, 0.5) is 0 Å². The van der Waals surface area contributed by atoms with Crippen LogP contribution in [-0.4, -0.2) is 26.4 Å². The highest BCUT2D eigenvalue weighted by Crippen LogP contribution is 2.24. The number of rotatable bonds is 10. The number of nitrogens with one attached hydrogen (secondary N) is 1. The lowest BCUT2D eigenvalue weighted by molar-refractivity contribution is 0.109. The summed E-state index contributed by atoms with van der Waals surface area (Å²) in [4.78, 5) is 0. The van der Waals surface area contributed by atoms with Crippen LogP contribution in [0.3, 0.4) is 0 Å². The van der Waals surface area contributed by atoms with Gasteiger partial charge in [-0.2, -0.15) is 0 Å². The molecule has 19 heavy (non-hydrogen) atoms. The predicted molar refractivity (Wildman–Crippen MR) is 79.8 cm³/mol. The summed E-state index contributed by atoms with van der Waals surface area (Å²) in [5.41, 5.74) is 1.22. The average Bonchev–Trinajstić information content (AvgIpc) is 2.44. The maximum atomic E-state index is 5.80. The molecule has 3 nitrogen and oxygen atoms in total. The van der Waals surface area contributed by atoms with Crippen LogP contribution in [0.15, 0.2) is 24.3 Å². The zero-order valence-corrected chi connectivity index (χ0v) is 12.4. The second kappa shape index (κ2) is 9.82. The van der Waals surface area contributed by atoms with Gasteiger partial charge in [-0.15, -0.1) is 0 Å². The molecule has 1 atom stereocenters. The number of para-hydroxylation sites is 1. The lowest BCUT2D eigenvalue weighted by Gasteiger charge is -2.18. The summed E-state index contributed by atoms with van der Waals surface area (Å²) in [7, 11) is 0. The van der Waals surface area contributed by atoms with Gasteiger partial charge in [-0.05, 0) is 32.9 Å². The molecule has 1 unspecified atom stereocenters. The van der Waals surface area contributed by atoms with Gasteiger partial charge in [0, 0.05) is 18.2 Å². The summed E-state index contributed by atoms with van der Waals surface area (Å²) >= 11 is 0. The third-order valence-electron chi connectivity index (χ3n) is 3.06. The summed E-state index contributed by atoms with van der Waals surface area (Å²) in [5, 5.41) is 3.53. The molecule has 108 valence electrons. The minimum atomic E-state index is 0.315. The Hall–Kier alpha value is -1.06. The van der Waals surface area contributed by atoms with Crippen molar-refractivity contribution in [2.24, 2.45) is 0 Å². The quantitative estimate of drug-likeness (QED) is 0.656. The van der Waals surface area contributed by atoms with Gasteiger partial charge in [0.15, 0.2) is 0 Å². The zero-order valence-electron chi connectivity index (χ0n) is 12.4. The Bertz CT molecular complexity index is 341. The van der Waals surface area contributed by atoms with E-state index in [0.29, 0.717) is 19.3 Å². The SMILES string of the molecule is CCCCNC(C)c1ccccc1OCCOCC. The van der Waals surface area contributed by atoms with Crippen molar-refractivity contribution >= 4 is 0 Å². The van der Waals surface area contributed by atoms with E-state index in [-0.39, 0.29) is 0 Å². The summed E-state index contributed by atoms with van der Waals surface area (Å²) in [6.45, 7) is 9.41. The molecule has 3 heteroatoms. The van der Waals surface area contributed by atoms with Crippen LogP contribution in [0.1, 0.15) is 45.2 Å². The molecule has 0 saturated carbocycles. The molecule has 0 radical (unpaired) electrons. The second-order valence-electron chi connectivity index (χ2n) is 4.61. The Morgan fingerprint density at radius 1 is 1.16 bits per heavy atom. The van der Waals surface area contributed by atoms with Gasteiger partial charge in [0.1, 0.15) is 12.4 Å². The van der Waals surface area contributed by atoms with E-state index in [1.807, 2.05) is 19.1 Å². The van der Waals surface area contributed by atoms with Crippen LogP contribution < -0.4 is 10.1 Å². The fourth-order valence-corrected chi connectivity index (χ4v) is 1.93. The first-order valence-corrected chi connectivity index (χ1v) is 7.32. The second-order valence-corrected chi connectivity index (χ2v) is 4.61. The maximum absolute atomic E-state index is 5.80. The van der Waals surface area contributed by atoms with Gasteiger partial charge in [-0.3, -0.25) is 0 Å². The van der Waals surface area contributed by atoms with E-state index >= 15 is 0 Å². The molecule has 0 amide bonds. The molecule has 1 aromatic carbocycles. The molecule has 1 rings (SSSR count). The molecule has 0 heterocycles. The first-order valence-electron chi connectivity index (χ1n) is 7.32. The molecular formula is C16H27NO2. The van der Waals surface area contributed by atoms with Crippen molar-refractivity contribution in [1.82, 2.24) is 5.32 Å². The van der Waals surface area contributed by atoms with E-state index in [4.69, 9.17) is 9.47 Å². The highest BCUT2D eigenvalue weighted by atomic mass is 16.5. The Labute approximate surface area is 117 Å². The van der Waals surface area contributed by atoms with Gasteiger partial charge in [0.25, 0.3) is 0 Å². The van der Waals surface area contributed by atoms with Crippen LogP contribution in [0.25, 0.3) is 0 Å². The van der Waals surface area contributed by atoms with Crippen LogP contribution >= 0.6 is 0 Å². The Morgan fingerprint density at radius 3 is 2.68 bits per heavy atom. The lowest BCUT2D eigenvalue weighted by Crippen LogP contribution is -2.20. The molecule has 0 spiro atoms. The molecule has 0 bridgehead atoms. The molecular weight excluding hydrogens is 238 g/mol. The van der Waals surface area contributed by atoms with E-state index in [0.717, 1.165) is 18.9 Å². The van der Waals surface area contributed by atoms with Gasteiger partial charge >= 0.3 is 0 Å². The third kappa shape index (κ3) is 6.08. The maximum Gasteiger partial charge on any atom is 0.124 e. The molecule has 1 N–H and O–H groups in total. The third-order valence-corrected chi connectivity index (χ3v) is 3.06. The van der Waals surface area contributed by atoms with Crippen molar-refractivity contribution in [2.75, 3.05) is 26.4 Å². The van der Waals surface area contributed by atoms with Crippen LogP contribution in [-0.2, 0) is 4.74 Å². The fraction of sp³-hybridized carbons (Fsp3) is 0.625. The molecule has 0 aliphatic heterocycles. The van der Waals surface area contributed by atoms with Crippen molar-refractivity contribution in [2.45, 2.75) is 39.7 Å². The fourth-order valence-electron chi connectivity index (χ4n) is 1.93. The molecule has 0 saturated heterocycles. The Morgan fingerprint density at radius 2 is 1.95 bits per heavy atom. The van der Waals surface area contributed by atoms with E-state index in [9.17, 15) is 0 Å². The monoisotopic (exact) mass is 265 g/mol. The summed E-state index contributed by atoms with van der Waals surface area (Å²) in [6.07, 6.45) is 2.42. The number of hydrogen-bond donors (Lipinski definition) is 1. The smallest absolute Gasteiger partial charge is 0.124 e. The summed E-state index contributed by atoms with van der Waals surface area (Å²) < 4.78 is 11.1. The predicted octanol–water partition coefficient (Wildman–Crippen LogP) is 3.55. The molecule has 0 fully saturated rings. The number of benzene rings is 1. The number of ether oxygens (including phenoxy) is 2. The van der Waals surface area contributed by atoms with Crippen molar-refractivity contribution in [3.05, 3.63) is 29.8 Å². The number of unbranched alkanes of at least 4 members (excludes halogenated alkanes) is 1. The Kier molecular flexibility index (Phi) is 8.26. The lowest BCUT2D eigenvalue weighted by atomic mass is 10.1. The molecule has 0 aliphatic rings. The average molecular weight is 265 g/mol.